The van der Waals surface area contributed by atoms with E-state index in [0.717, 1.165) is 45.3 Å². The maximum Gasteiger partial charge on any atom is 0.0160 e. The number of rotatable bonds is 4. The summed E-state index contributed by atoms with van der Waals surface area (Å²) in [4.78, 5) is 18.8. The average molecular weight is 912 g/mol. The smallest absolute Gasteiger partial charge is 0.0160 e. The van der Waals surface area contributed by atoms with Crippen LogP contribution in [0.2, 0.25) is 0 Å². The molecular weight excluding hydrogens is 874 g/mol. The van der Waals surface area contributed by atoms with Crippen LogP contribution < -0.4 is 0 Å². The molecule has 1 radical (unpaired) electrons. The molecule has 4 nitrogen and oxygen atoms in total. The SMILES string of the molecule is CC(C)(C)c1ccnc(-c2cc(C(C)(C)C)cc(-c3cccc(-c4[c-]cccc4)n3)n2)c1.F[P-](F)(F)(F)(F)F.[Ir].[c-]1ccccc1-c1ccccn1. The Morgan fingerprint density at radius 1 is 0.462 bits per heavy atom. The van der Waals surface area contributed by atoms with Gasteiger partial charge in [-0.25, -0.2) is 4.98 Å². The van der Waals surface area contributed by atoms with Gasteiger partial charge in [-0.2, -0.15) is 0 Å². The van der Waals surface area contributed by atoms with Gasteiger partial charge in [0, 0.05) is 32.5 Å². The van der Waals surface area contributed by atoms with Crippen molar-refractivity contribution in [3.8, 4) is 45.3 Å². The summed E-state index contributed by atoms with van der Waals surface area (Å²) >= 11 is 0. The Morgan fingerprint density at radius 3 is 1.40 bits per heavy atom. The quantitative estimate of drug-likeness (QED) is 0.100. The molecule has 6 aromatic rings. The van der Waals surface area contributed by atoms with E-state index in [1.54, 1.807) is 6.20 Å². The van der Waals surface area contributed by atoms with E-state index < -0.39 is 7.81 Å². The number of hydrogen-bond donors (Lipinski definition) is 0. The summed E-state index contributed by atoms with van der Waals surface area (Å²) in [6.07, 6.45) is 3.67. The van der Waals surface area contributed by atoms with Crippen LogP contribution in [0.3, 0.4) is 0 Å². The summed E-state index contributed by atoms with van der Waals surface area (Å²) in [5.41, 5.74) is 9.80. The monoisotopic (exact) mass is 912 g/mol. The minimum absolute atomic E-state index is 0. The van der Waals surface area contributed by atoms with E-state index in [-0.39, 0.29) is 30.9 Å². The summed E-state index contributed by atoms with van der Waals surface area (Å²) in [5.74, 6) is 0. The maximum atomic E-state index is 9.87. The van der Waals surface area contributed by atoms with Gasteiger partial charge in [0.25, 0.3) is 0 Å². The second-order valence-corrected chi connectivity index (χ2v) is 15.6. The summed E-state index contributed by atoms with van der Waals surface area (Å²) in [6.45, 7) is 13.3. The van der Waals surface area contributed by atoms with Crippen LogP contribution in [-0.4, -0.2) is 19.9 Å². The molecule has 0 spiro atoms. The van der Waals surface area contributed by atoms with Gasteiger partial charge in [-0.05, 0) is 69.7 Å². The molecule has 0 atom stereocenters. The van der Waals surface area contributed by atoms with Gasteiger partial charge in [-0.3, -0.25) is 9.97 Å². The predicted octanol–water partition coefficient (Wildman–Crippen LogP) is 13.2. The van der Waals surface area contributed by atoms with Crippen molar-refractivity contribution in [1.29, 1.82) is 0 Å². The third-order valence-corrected chi connectivity index (χ3v) is 7.23. The number of halogens is 6. The first-order chi connectivity index (χ1) is 23.5. The Kier molecular flexibility index (Phi) is 12.8. The summed E-state index contributed by atoms with van der Waals surface area (Å²) in [5, 5.41) is 0. The van der Waals surface area contributed by atoms with Crippen LogP contribution in [-0.2, 0) is 30.9 Å². The zero-order chi connectivity index (χ0) is 37.6. The third kappa shape index (κ3) is 14.4. The fraction of sp³-hybridized carbons (Fsp3) is 0.200. The number of benzene rings is 2. The molecule has 0 aliphatic carbocycles. The molecule has 2 aromatic carbocycles. The van der Waals surface area contributed by atoms with Crippen molar-refractivity contribution in [3.63, 3.8) is 0 Å². The molecule has 0 bridgehead atoms. The van der Waals surface area contributed by atoms with Crippen molar-refractivity contribution in [3.05, 3.63) is 145 Å². The molecule has 52 heavy (non-hydrogen) atoms. The molecule has 0 fully saturated rings. The molecule has 0 saturated carbocycles. The number of pyridine rings is 4. The second-order valence-electron chi connectivity index (χ2n) is 13.7. The van der Waals surface area contributed by atoms with Crippen molar-refractivity contribution in [2.45, 2.75) is 52.4 Å². The van der Waals surface area contributed by atoms with Crippen LogP contribution >= 0.6 is 7.81 Å². The average Bonchev–Trinajstić information content (AvgIpc) is 3.07. The fourth-order valence-corrected chi connectivity index (χ4v) is 4.62. The summed E-state index contributed by atoms with van der Waals surface area (Å²) in [6, 6.07) is 42.6. The van der Waals surface area contributed by atoms with Crippen LogP contribution in [0.5, 0.6) is 0 Å². The van der Waals surface area contributed by atoms with Gasteiger partial charge in [-0.1, -0.05) is 65.8 Å². The number of nitrogens with zero attached hydrogens (tertiary/aromatic N) is 4. The van der Waals surface area contributed by atoms with E-state index in [4.69, 9.17) is 9.97 Å². The Labute approximate surface area is 314 Å². The molecule has 0 aliphatic rings. The topological polar surface area (TPSA) is 51.6 Å². The van der Waals surface area contributed by atoms with E-state index in [9.17, 15) is 25.2 Å². The van der Waals surface area contributed by atoms with Crippen molar-refractivity contribution in [2.24, 2.45) is 0 Å². The van der Waals surface area contributed by atoms with Gasteiger partial charge in [0.1, 0.15) is 0 Å². The Bertz CT molecular complexity index is 2000. The fourth-order valence-electron chi connectivity index (χ4n) is 4.62. The first kappa shape index (κ1) is 42.1. The van der Waals surface area contributed by atoms with E-state index >= 15 is 0 Å². The molecule has 0 amide bonds. The Morgan fingerprint density at radius 2 is 0.904 bits per heavy atom. The third-order valence-electron chi connectivity index (χ3n) is 7.23. The van der Waals surface area contributed by atoms with Gasteiger partial charge in [0.2, 0.25) is 0 Å². The minimum atomic E-state index is -10.7. The Hall–Kier alpha value is -4.30. The number of aromatic nitrogens is 4. The Balaban J connectivity index is 0.000000298. The van der Waals surface area contributed by atoms with Crippen LogP contribution in [0.25, 0.3) is 45.3 Å². The molecular formula is C40H38F6IrN4P-3. The van der Waals surface area contributed by atoms with Crippen LogP contribution in [0.1, 0.15) is 52.7 Å². The molecule has 277 valence electrons. The number of hydrogen-bond acceptors (Lipinski definition) is 4. The van der Waals surface area contributed by atoms with E-state index in [0.29, 0.717) is 0 Å². The van der Waals surface area contributed by atoms with Gasteiger partial charge in [0.05, 0.1) is 22.8 Å². The molecule has 0 aliphatic heterocycles. The van der Waals surface area contributed by atoms with Gasteiger partial charge in [-0.15, -0.1) is 71.8 Å². The standard InChI is InChI=1S/C29H30N3.C11H8N.F6P.Ir/c1-28(2,3)21-15-16-30-25(17-21)27-19-22(29(4,5)6)18-26(32-27)24-14-10-13-23(31-24)20-11-8-7-9-12-20;1-2-6-10(7-3-1)11-8-4-5-9-12-11;1-7(2,3,4,5)6;/h7-11,13-19H,1-6H3;1-6,8-9H;;/q3*-1;. The predicted molar refractivity (Wildman–Crippen MR) is 194 cm³/mol. The molecule has 0 N–H and O–H groups in total. The van der Waals surface area contributed by atoms with Crippen LogP contribution in [0.4, 0.5) is 25.2 Å². The van der Waals surface area contributed by atoms with E-state index in [1.807, 2.05) is 91.1 Å². The maximum absolute atomic E-state index is 10.7. The largest absolute Gasteiger partial charge is 0.305 e. The molecule has 4 aromatic heterocycles. The summed E-state index contributed by atoms with van der Waals surface area (Å²) < 4.78 is 59.2. The zero-order valence-electron chi connectivity index (χ0n) is 29.4. The van der Waals surface area contributed by atoms with Crippen LogP contribution in [0.15, 0.2) is 122 Å². The van der Waals surface area contributed by atoms with Gasteiger partial charge >= 0.3 is 33.0 Å². The van der Waals surface area contributed by atoms with Crippen molar-refractivity contribution in [2.75, 3.05) is 0 Å². The molecule has 12 heteroatoms. The van der Waals surface area contributed by atoms with Crippen molar-refractivity contribution >= 4 is 7.81 Å². The molecule has 0 unspecified atom stereocenters. The van der Waals surface area contributed by atoms with Crippen LogP contribution in [0, 0.1) is 12.1 Å². The van der Waals surface area contributed by atoms with Gasteiger partial charge < -0.3 is 4.98 Å². The first-order valence-electron chi connectivity index (χ1n) is 15.9. The van der Waals surface area contributed by atoms with Crippen molar-refractivity contribution < 1.29 is 45.3 Å². The molecule has 6 rings (SSSR count). The normalized spacial score (nSPS) is 12.8. The van der Waals surface area contributed by atoms with E-state index in [2.05, 4.69) is 87.9 Å². The summed E-state index contributed by atoms with van der Waals surface area (Å²) in [7, 11) is -10.7. The zero-order valence-corrected chi connectivity index (χ0v) is 32.7. The molecule has 4 heterocycles. The second kappa shape index (κ2) is 15.7. The first-order valence-corrected chi connectivity index (χ1v) is 17.9. The van der Waals surface area contributed by atoms with Crippen molar-refractivity contribution in [1.82, 2.24) is 19.9 Å². The van der Waals surface area contributed by atoms with Gasteiger partial charge in [0.15, 0.2) is 0 Å². The minimum Gasteiger partial charge on any atom is -0.305 e. The van der Waals surface area contributed by atoms with E-state index in [1.165, 1.54) is 11.1 Å². The molecule has 0 saturated heterocycles.